The van der Waals surface area contributed by atoms with E-state index in [0.717, 1.165) is 6.42 Å². The Morgan fingerprint density at radius 2 is 1.83 bits per heavy atom. The van der Waals surface area contributed by atoms with Gasteiger partial charge in [-0.1, -0.05) is 18.5 Å². The standard InChI is InChI=1S/C20H22ClN3O5/c1-4-9-29-18-16(21)10-13(11-17(18)28-3)12-22-24-20(26)19(25)23-14-5-7-15(27-2)8-6-14/h5-8,10-12H,4,9H2,1-3H3,(H,23,25)(H,24,26)/b22-12-. The summed E-state index contributed by atoms with van der Waals surface area (Å²) in [5.74, 6) is -0.256. The van der Waals surface area contributed by atoms with Crippen molar-refractivity contribution in [2.45, 2.75) is 13.3 Å². The van der Waals surface area contributed by atoms with Crippen molar-refractivity contribution < 1.29 is 23.8 Å². The summed E-state index contributed by atoms with van der Waals surface area (Å²) < 4.78 is 15.9. The zero-order valence-corrected chi connectivity index (χ0v) is 17.1. The highest BCUT2D eigenvalue weighted by molar-refractivity contribution is 6.39. The van der Waals surface area contributed by atoms with Crippen LogP contribution in [0.2, 0.25) is 5.02 Å². The molecule has 29 heavy (non-hydrogen) atoms. The number of nitrogens with one attached hydrogen (secondary N) is 2. The molecule has 0 saturated carbocycles. The van der Waals surface area contributed by atoms with E-state index in [1.54, 1.807) is 36.4 Å². The third-order valence-corrected chi connectivity index (χ3v) is 3.92. The topological polar surface area (TPSA) is 98.2 Å². The molecule has 2 rings (SSSR count). The number of hydrogen-bond acceptors (Lipinski definition) is 6. The molecule has 0 heterocycles. The van der Waals surface area contributed by atoms with Crippen molar-refractivity contribution in [3.05, 3.63) is 47.0 Å². The smallest absolute Gasteiger partial charge is 0.329 e. The van der Waals surface area contributed by atoms with Gasteiger partial charge in [-0.25, -0.2) is 5.43 Å². The SMILES string of the molecule is CCCOc1c(Cl)cc(/C=N\NC(=O)C(=O)Nc2ccc(OC)cc2)cc1OC. The van der Waals surface area contributed by atoms with Gasteiger partial charge in [-0.3, -0.25) is 9.59 Å². The Morgan fingerprint density at radius 3 is 2.45 bits per heavy atom. The minimum absolute atomic E-state index is 0.350. The zero-order chi connectivity index (χ0) is 21.2. The number of methoxy groups -OCH3 is 2. The van der Waals surface area contributed by atoms with E-state index >= 15 is 0 Å². The average molecular weight is 420 g/mol. The lowest BCUT2D eigenvalue weighted by atomic mass is 10.2. The number of halogens is 1. The van der Waals surface area contributed by atoms with Crippen molar-refractivity contribution in [1.82, 2.24) is 5.43 Å². The third kappa shape index (κ3) is 6.39. The molecule has 0 bridgehead atoms. The summed E-state index contributed by atoms with van der Waals surface area (Å²) in [7, 11) is 3.03. The van der Waals surface area contributed by atoms with E-state index in [0.29, 0.717) is 40.1 Å². The largest absolute Gasteiger partial charge is 0.497 e. The maximum absolute atomic E-state index is 11.9. The normalized spacial score (nSPS) is 10.5. The first-order chi connectivity index (χ1) is 14.0. The number of benzene rings is 2. The Kier molecular flexibility index (Phi) is 8.29. The Balaban J connectivity index is 1.97. The monoisotopic (exact) mass is 419 g/mol. The predicted molar refractivity (Wildman–Crippen MR) is 111 cm³/mol. The number of anilines is 1. The summed E-state index contributed by atoms with van der Waals surface area (Å²) in [5, 5.41) is 6.59. The Hall–Kier alpha value is -3.26. The number of ether oxygens (including phenoxy) is 3. The van der Waals surface area contributed by atoms with E-state index in [1.807, 2.05) is 6.92 Å². The van der Waals surface area contributed by atoms with Crippen molar-refractivity contribution in [3.63, 3.8) is 0 Å². The fraction of sp³-hybridized carbons (Fsp3) is 0.250. The number of nitrogens with zero attached hydrogens (tertiary/aromatic N) is 1. The molecule has 0 aliphatic heterocycles. The maximum Gasteiger partial charge on any atom is 0.329 e. The molecule has 154 valence electrons. The Bertz CT molecular complexity index is 884. The van der Waals surface area contributed by atoms with Crippen LogP contribution in [0.3, 0.4) is 0 Å². The number of carbonyl (C=O) groups is 2. The van der Waals surface area contributed by atoms with Gasteiger partial charge in [-0.05, 0) is 48.4 Å². The molecule has 0 aromatic heterocycles. The van der Waals surface area contributed by atoms with Crippen LogP contribution in [0.4, 0.5) is 5.69 Å². The third-order valence-electron chi connectivity index (χ3n) is 3.64. The van der Waals surface area contributed by atoms with Gasteiger partial charge in [-0.15, -0.1) is 0 Å². The molecule has 8 nitrogen and oxygen atoms in total. The lowest BCUT2D eigenvalue weighted by Crippen LogP contribution is -2.32. The van der Waals surface area contributed by atoms with Gasteiger partial charge >= 0.3 is 11.8 Å². The highest BCUT2D eigenvalue weighted by Crippen LogP contribution is 2.36. The first-order valence-corrected chi connectivity index (χ1v) is 9.15. The van der Waals surface area contributed by atoms with Crippen LogP contribution in [0.25, 0.3) is 0 Å². The molecule has 0 saturated heterocycles. The molecule has 0 spiro atoms. The first kappa shape index (κ1) is 22.0. The van der Waals surface area contributed by atoms with E-state index in [-0.39, 0.29) is 0 Å². The average Bonchev–Trinajstić information content (AvgIpc) is 2.73. The van der Waals surface area contributed by atoms with Crippen LogP contribution in [0.15, 0.2) is 41.5 Å². The van der Waals surface area contributed by atoms with Crippen molar-refractivity contribution >= 4 is 35.3 Å². The van der Waals surface area contributed by atoms with Crippen molar-refractivity contribution in [1.29, 1.82) is 0 Å². The summed E-state index contributed by atoms with van der Waals surface area (Å²) in [6.45, 7) is 2.48. The number of carbonyl (C=O) groups excluding carboxylic acids is 2. The van der Waals surface area contributed by atoms with Crippen LogP contribution in [-0.4, -0.2) is 38.9 Å². The maximum atomic E-state index is 11.9. The second-order valence-electron chi connectivity index (χ2n) is 5.76. The number of amides is 2. The molecule has 0 unspecified atom stereocenters. The molecular formula is C20H22ClN3O5. The second-order valence-corrected chi connectivity index (χ2v) is 6.17. The molecule has 0 aliphatic carbocycles. The first-order valence-electron chi connectivity index (χ1n) is 8.77. The predicted octanol–water partition coefficient (Wildman–Crippen LogP) is 3.23. The van der Waals surface area contributed by atoms with Gasteiger partial charge in [0.1, 0.15) is 5.75 Å². The van der Waals surface area contributed by atoms with E-state index in [4.69, 9.17) is 25.8 Å². The van der Waals surface area contributed by atoms with Gasteiger partial charge in [0.05, 0.1) is 32.1 Å². The lowest BCUT2D eigenvalue weighted by molar-refractivity contribution is -0.136. The molecule has 2 N–H and O–H groups in total. The van der Waals surface area contributed by atoms with Gasteiger partial charge in [0.25, 0.3) is 0 Å². The van der Waals surface area contributed by atoms with Gasteiger partial charge in [0, 0.05) is 5.69 Å². The summed E-state index contributed by atoms with van der Waals surface area (Å²) in [6, 6.07) is 9.83. The lowest BCUT2D eigenvalue weighted by Gasteiger charge is -2.12. The highest BCUT2D eigenvalue weighted by atomic mass is 35.5. The van der Waals surface area contributed by atoms with E-state index < -0.39 is 11.8 Å². The van der Waals surface area contributed by atoms with E-state index in [9.17, 15) is 9.59 Å². The fourth-order valence-corrected chi connectivity index (χ4v) is 2.51. The molecule has 0 radical (unpaired) electrons. The van der Waals surface area contributed by atoms with Crippen LogP contribution in [0, 0.1) is 0 Å². The molecule has 0 atom stereocenters. The van der Waals surface area contributed by atoms with Gasteiger partial charge in [0.2, 0.25) is 0 Å². The summed E-state index contributed by atoms with van der Waals surface area (Å²) in [6.07, 6.45) is 2.17. The number of rotatable bonds is 8. The number of hydrazone groups is 1. The Morgan fingerprint density at radius 1 is 1.10 bits per heavy atom. The summed E-state index contributed by atoms with van der Waals surface area (Å²) in [5.41, 5.74) is 3.17. The van der Waals surface area contributed by atoms with Crippen LogP contribution >= 0.6 is 11.6 Å². The van der Waals surface area contributed by atoms with Crippen LogP contribution < -0.4 is 25.0 Å². The van der Waals surface area contributed by atoms with Gasteiger partial charge in [0.15, 0.2) is 11.5 Å². The van der Waals surface area contributed by atoms with Crippen LogP contribution in [0.1, 0.15) is 18.9 Å². The van der Waals surface area contributed by atoms with E-state index in [1.165, 1.54) is 20.4 Å². The number of hydrogen-bond donors (Lipinski definition) is 2. The summed E-state index contributed by atoms with van der Waals surface area (Å²) >= 11 is 6.23. The summed E-state index contributed by atoms with van der Waals surface area (Å²) in [4.78, 5) is 23.8. The molecule has 2 aromatic carbocycles. The van der Waals surface area contributed by atoms with Crippen molar-refractivity contribution in [2.75, 3.05) is 26.1 Å². The molecule has 9 heteroatoms. The molecule has 2 aromatic rings. The molecule has 2 amide bonds. The van der Waals surface area contributed by atoms with Crippen LogP contribution in [0.5, 0.6) is 17.2 Å². The van der Waals surface area contributed by atoms with Crippen LogP contribution in [-0.2, 0) is 9.59 Å². The minimum atomic E-state index is -0.918. The second kappa shape index (κ2) is 10.9. The molecular weight excluding hydrogens is 398 g/mol. The van der Waals surface area contributed by atoms with Crippen molar-refractivity contribution in [3.8, 4) is 17.2 Å². The molecule has 0 aliphatic rings. The van der Waals surface area contributed by atoms with E-state index in [2.05, 4.69) is 15.8 Å². The van der Waals surface area contributed by atoms with Gasteiger partial charge in [-0.2, -0.15) is 5.10 Å². The Labute approximate surface area is 173 Å². The van der Waals surface area contributed by atoms with Gasteiger partial charge < -0.3 is 19.5 Å². The highest BCUT2D eigenvalue weighted by Gasteiger charge is 2.14. The molecule has 0 fully saturated rings. The quantitative estimate of drug-likeness (QED) is 0.389. The fourth-order valence-electron chi connectivity index (χ4n) is 2.24. The van der Waals surface area contributed by atoms with Crippen molar-refractivity contribution in [2.24, 2.45) is 5.10 Å². The zero-order valence-electron chi connectivity index (χ0n) is 16.3. The minimum Gasteiger partial charge on any atom is -0.497 e.